The van der Waals surface area contributed by atoms with Gasteiger partial charge in [0.05, 0.1) is 11.7 Å². The van der Waals surface area contributed by atoms with Crippen molar-refractivity contribution in [3.8, 4) is 0 Å². The number of nitrogens with zero attached hydrogens (tertiary/aromatic N) is 3. The molecule has 1 aliphatic rings. The van der Waals surface area contributed by atoms with Gasteiger partial charge in [0.1, 0.15) is 12.4 Å². The highest BCUT2D eigenvalue weighted by molar-refractivity contribution is 5.78. The van der Waals surface area contributed by atoms with Crippen molar-refractivity contribution in [1.29, 1.82) is 0 Å². The van der Waals surface area contributed by atoms with Crippen LogP contribution < -0.4 is 5.32 Å². The summed E-state index contributed by atoms with van der Waals surface area (Å²) < 4.78 is 5.01. The normalized spacial score (nSPS) is 16.9. The van der Waals surface area contributed by atoms with Gasteiger partial charge in [0.25, 0.3) is 0 Å². The summed E-state index contributed by atoms with van der Waals surface area (Å²) in [6.07, 6.45) is 3.68. The number of aryl methyl sites for hydroxylation is 2. The van der Waals surface area contributed by atoms with Gasteiger partial charge in [0.15, 0.2) is 0 Å². The third-order valence-electron chi connectivity index (χ3n) is 4.43. The Bertz CT molecular complexity index is 763. The Hall–Kier alpha value is -2.47. The molecule has 6 nitrogen and oxygen atoms in total. The molecule has 1 N–H and O–H groups in total. The number of hydrogen-bond donors (Lipinski definition) is 1. The first kappa shape index (κ1) is 17.4. The van der Waals surface area contributed by atoms with E-state index in [0.717, 1.165) is 47.8 Å². The van der Waals surface area contributed by atoms with E-state index < -0.39 is 0 Å². The van der Waals surface area contributed by atoms with Crippen LogP contribution in [0.1, 0.15) is 35.8 Å². The molecule has 6 heteroatoms. The molecule has 0 bridgehead atoms. The summed E-state index contributed by atoms with van der Waals surface area (Å²) in [6, 6.07) is 7.96. The van der Waals surface area contributed by atoms with Gasteiger partial charge in [-0.1, -0.05) is 6.07 Å². The van der Waals surface area contributed by atoms with Gasteiger partial charge in [-0.05, 0) is 50.5 Å². The van der Waals surface area contributed by atoms with Crippen molar-refractivity contribution >= 4 is 17.4 Å². The number of anilines is 2. The van der Waals surface area contributed by atoms with Crippen molar-refractivity contribution in [1.82, 2.24) is 14.9 Å². The first-order valence-corrected chi connectivity index (χ1v) is 8.54. The predicted octanol–water partition coefficient (Wildman–Crippen LogP) is 3.15. The van der Waals surface area contributed by atoms with E-state index in [-0.39, 0.29) is 18.6 Å². The third-order valence-corrected chi connectivity index (χ3v) is 4.43. The zero-order valence-corrected chi connectivity index (χ0v) is 15.0. The van der Waals surface area contributed by atoms with E-state index in [1.165, 1.54) is 0 Å². The molecule has 132 valence electrons. The number of rotatable bonds is 5. The smallest absolute Gasteiger partial charge is 0.249 e. The molecule has 0 aromatic carbocycles. The number of likely N-dealkylation sites (tertiary alicyclic amines) is 1. The molecule has 3 heterocycles. The fourth-order valence-electron chi connectivity index (χ4n) is 3.27. The van der Waals surface area contributed by atoms with E-state index in [2.05, 4.69) is 15.3 Å². The van der Waals surface area contributed by atoms with Gasteiger partial charge < -0.3 is 15.0 Å². The van der Waals surface area contributed by atoms with Crippen LogP contribution in [0.2, 0.25) is 0 Å². The second-order valence-corrected chi connectivity index (χ2v) is 6.39. The molecule has 1 amide bonds. The lowest BCUT2D eigenvalue weighted by molar-refractivity contribution is -0.136. The molecule has 1 saturated heterocycles. The molecule has 0 spiro atoms. The highest BCUT2D eigenvalue weighted by Crippen LogP contribution is 2.33. The largest absolute Gasteiger partial charge is 0.375 e. The first-order valence-electron chi connectivity index (χ1n) is 8.54. The Morgan fingerprint density at radius 1 is 1.40 bits per heavy atom. The molecule has 0 saturated carbocycles. The number of methoxy groups -OCH3 is 1. The zero-order valence-electron chi connectivity index (χ0n) is 15.0. The van der Waals surface area contributed by atoms with Crippen molar-refractivity contribution in [2.24, 2.45) is 0 Å². The second-order valence-electron chi connectivity index (χ2n) is 6.39. The summed E-state index contributed by atoms with van der Waals surface area (Å²) in [4.78, 5) is 23.2. The van der Waals surface area contributed by atoms with Crippen LogP contribution >= 0.6 is 0 Å². The van der Waals surface area contributed by atoms with Crippen LogP contribution in [0.15, 0.2) is 30.5 Å². The van der Waals surface area contributed by atoms with E-state index >= 15 is 0 Å². The van der Waals surface area contributed by atoms with Crippen LogP contribution in [0.25, 0.3) is 0 Å². The molecule has 0 radical (unpaired) electrons. The van der Waals surface area contributed by atoms with Crippen molar-refractivity contribution in [3.05, 3.63) is 47.4 Å². The fourth-order valence-corrected chi connectivity index (χ4v) is 3.27. The Labute approximate surface area is 148 Å². The number of ether oxygens (including phenoxy) is 1. The van der Waals surface area contributed by atoms with Gasteiger partial charge in [-0.2, -0.15) is 0 Å². The number of nitrogens with one attached hydrogen (secondary N) is 1. The minimum atomic E-state index is 0.00734. The van der Waals surface area contributed by atoms with Crippen LogP contribution in [-0.2, 0) is 9.53 Å². The summed E-state index contributed by atoms with van der Waals surface area (Å²) in [7, 11) is 1.55. The van der Waals surface area contributed by atoms with Crippen LogP contribution in [0.3, 0.4) is 0 Å². The predicted molar refractivity (Wildman–Crippen MR) is 96.8 cm³/mol. The average Bonchev–Trinajstić information content (AvgIpc) is 3.06. The number of carbonyl (C=O) groups excluding carboxylic acids is 1. The van der Waals surface area contributed by atoms with Gasteiger partial charge >= 0.3 is 0 Å². The lowest BCUT2D eigenvalue weighted by atomic mass is 10.1. The lowest BCUT2D eigenvalue weighted by Crippen LogP contribution is -2.33. The minimum Gasteiger partial charge on any atom is -0.375 e. The van der Waals surface area contributed by atoms with E-state index in [9.17, 15) is 4.79 Å². The van der Waals surface area contributed by atoms with Crippen molar-refractivity contribution in [2.75, 3.05) is 25.6 Å². The lowest BCUT2D eigenvalue weighted by Gasteiger charge is -2.25. The van der Waals surface area contributed by atoms with Gasteiger partial charge in [0, 0.05) is 31.2 Å². The number of aromatic nitrogens is 2. The molecule has 3 rings (SSSR count). The highest BCUT2D eigenvalue weighted by Gasteiger charge is 2.31. The number of amides is 1. The molecule has 1 fully saturated rings. The number of carbonyl (C=O) groups is 1. The molecule has 2 aromatic heterocycles. The van der Waals surface area contributed by atoms with Crippen LogP contribution in [0.5, 0.6) is 0 Å². The van der Waals surface area contributed by atoms with Crippen molar-refractivity contribution < 1.29 is 9.53 Å². The Morgan fingerprint density at radius 3 is 3.00 bits per heavy atom. The maximum atomic E-state index is 12.3. The summed E-state index contributed by atoms with van der Waals surface area (Å²) in [6.45, 7) is 4.85. The third kappa shape index (κ3) is 3.96. The maximum absolute atomic E-state index is 12.3. The Kier molecular flexibility index (Phi) is 5.28. The molecule has 1 atom stereocenters. The van der Waals surface area contributed by atoms with Crippen molar-refractivity contribution in [3.63, 3.8) is 0 Å². The standard InChI is InChI=1S/C19H24N4O2/c1-13-6-4-8-20-19(13)22-15-10-14(2)21-16(11-15)17-7-5-9-23(17)18(24)12-25-3/h4,6,8,10-11,17H,5,7,9,12H2,1-3H3,(H,20,21,22)/t17-/m1/s1. The average molecular weight is 340 g/mol. The summed E-state index contributed by atoms with van der Waals surface area (Å²) in [5, 5.41) is 3.37. The fraction of sp³-hybridized carbons (Fsp3) is 0.421. The second kappa shape index (κ2) is 7.61. The van der Waals surface area contributed by atoms with Crippen LogP contribution in [0.4, 0.5) is 11.5 Å². The van der Waals surface area contributed by atoms with Gasteiger partial charge in [-0.15, -0.1) is 0 Å². The van der Waals surface area contributed by atoms with Crippen molar-refractivity contribution in [2.45, 2.75) is 32.7 Å². The summed E-state index contributed by atoms with van der Waals surface area (Å²) in [5.41, 5.74) is 3.85. The number of pyridine rings is 2. The first-order chi connectivity index (χ1) is 12.1. The highest BCUT2D eigenvalue weighted by atomic mass is 16.5. The Morgan fingerprint density at radius 2 is 2.24 bits per heavy atom. The van der Waals surface area contributed by atoms with Gasteiger partial charge in [-0.3, -0.25) is 9.78 Å². The van der Waals surface area contributed by atoms with E-state index in [1.54, 1.807) is 13.3 Å². The molecule has 0 unspecified atom stereocenters. The molecule has 25 heavy (non-hydrogen) atoms. The molecular weight excluding hydrogens is 316 g/mol. The van der Waals surface area contributed by atoms with Crippen LogP contribution in [-0.4, -0.2) is 41.0 Å². The molecule has 2 aromatic rings. The molecular formula is C19H24N4O2. The number of hydrogen-bond acceptors (Lipinski definition) is 5. The topological polar surface area (TPSA) is 67.3 Å². The Balaban J connectivity index is 1.86. The quantitative estimate of drug-likeness (QED) is 0.906. The summed E-state index contributed by atoms with van der Waals surface area (Å²) >= 11 is 0. The van der Waals surface area contributed by atoms with Gasteiger partial charge in [-0.25, -0.2) is 4.98 Å². The minimum absolute atomic E-state index is 0.00734. The molecule has 0 aliphatic carbocycles. The maximum Gasteiger partial charge on any atom is 0.249 e. The molecule has 1 aliphatic heterocycles. The van der Waals surface area contributed by atoms with Crippen LogP contribution in [0, 0.1) is 13.8 Å². The van der Waals surface area contributed by atoms with E-state index in [1.807, 2.05) is 43.0 Å². The summed E-state index contributed by atoms with van der Waals surface area (Å²) in [5.74, 6) is 0.848. The van der Waals surface area contributed by atoms with E-state index in [0.29, 0.717) is 0 Å². The van der Waals surface area contributed by atoms with E-state index in [4.69, 9.17) is 4.74 Å². The SMILES string of the molecule is COCC(=O)N1CCC[C@@H]1c1cc(Nc2ncccc2C)cc(C)n1. The van der Waals surface area contributed by atoms with Gasteiger partial charge in [0.2, 0.25) is 5.91 Å². The monoisotopic (exact) mass is 340 g/mol. The zero-order chi connectivity index (χ0) is 17.8.